The molecular weight excluding hydrogens is 420 g/mol. The second kappa shape index (κ2) is 12.4. The predicted molar refractivity (Wildman–Crippen MR) is 127 cm³/mol. The van der Waals surface area contributed by atoms with E-state index in [0.717, 1.165) is 28.1 Å². The maximum Gasteiger partial charge on any atom is 0.333 e. The van der Waals surface area contributed by atoms with Crippen LogP contribution in [0.25, 0.3) is 11.3 Å². The Labute approximate surface area is 193 Å². The van der Waals surface area contributed by atoms with Gasteiger partial charge in [0.25, 0.3) is 0 Å². The molecule has 172 valence electrons. The number of carboxylic acid groups (broad SMARTS) is 1. The summed E-state index contributed by atoms with van der Waals surface area (Å²) in [7, 11) is 0. The standard InChI is InChI=1S/C26H28N2O5/c1-3-31-25(26(29)30)17-20-9-12-23(13-10-20)32-15-16-33-28-19(2)22-11-14-24(27-18-22)21-7-5-4-6-8-21/h4-14,18,25H,3,15-17H2,1-2H3,(H,29,30). The van der Waals surface area contributed by atoms with Crippen molar-refractivity contribution in [2.75, 3.05) is 19.8 Å². The SMILES string of the molecule is CCOC(Cc1ccc(OCCON=C(C)c2ccc(-c3ccccc3)nc2)cc1)C(=O)O. The van der Waals surface area contributed by atoms with Gasteiger partial charge in [-0.2, -0.15) is 0 Å². The molecule has 0 fully saturated rings. The molecule has 0 amide bonds. The van der Waals surface area contributed by atoms with E-state index >= 15 is 0 Å². The largest absolute Gasteiger partial charge is 0.490 e. The minimum Gasteiger partial charge on any atom is -0.490 e. The van der Waals surface area contributed by atoms with Crippen LogP contribution in [0.3, 0.4) is 0 Å². The minimum absolute atomic E-state index is 0.292. The predicted octanol–water partition coefficient (Wildman–Crippen LogP) is 4.60. The number of carboxylic acids is 1. The average molecular weight is 449 g/mol. The molecule has 1 heterocycles. The summed E-state index contributed by atoms with van der Waals surface area (Å²) in [6.07, 6.45) is 1.24. The molecule has 1 aromatic heterocycles. The number of nitrogens with zero attached hydrogens (tertiary/aromatic N) is 2. The summed E-state index contributed by atoms with van der Waals surface area (Å²) in [6.45, 7) is 4.62. The summed E-state index contributed by atoms with van der Waals surface area (Å²) < 4.78 is 10.9. The van der Waals surface area contributed by atoms with E-state index in [1.165, 1.54) is 0 Å². The van der Waals surface area contributed by atoms with Gasteiger partial charge in [0, 0.05) is 30.4 Å². The first kappa shape index (κ1) is 23.9. The fourth-order valence-electron chi connectivity index (χ4n) is 3.13. The van der Waals surface area contributed by atoms with Crippen LogP contribution in [0.1, 0.15) is 25.0 Å². The number of ether oxygens (including phenoxy) is 2. The molecule has 7 nitrogen and oxygen atoms in total. The highest BCUT2D eigenvalue weighted by Crippen LogP contribution is 2.17. The number of hydrogen-bond donors (Lipinski definition) is 1. The summed E-state index contributed by atoms with van der Waals surface area (Å²) in [5.41, 5.74) is 4.46. The van der Waals surface area contributed by atoms with E-state index in [-0.39, 0.29) is 0 Å². The molecule has 1 unspecified atom stereocenters. The summed E-state index contributed by atoms with van der Waals surface area (Å²) in [4.78, 5) is 21.1. The Balaban J connectivity index is 1.42. The van der Waals surface area contributed by atoms with E-state index in [9.17, 15) is 9.90 Å². The maximum absolute atomic E-state index is 11.2. The minimum atomic E-state index is -0.965. The van der Waals surface area contributed by atoms with Crippen LogP contribution in [-0.2, 0) is 20.8 Å². The van der Waals surface area contributed by atoms with Gasteiger partial charge in [0.1, 0.15) is 12.4 Å². The zero-order valence-electron chi connectivity index (χ0n) is 18.8. The summed E-state index contributed by atoms with van der Waals surface area (Å²) >= 11 is 0. The van der Waals surface area contributed by atoms with Crippen molar-refractivity contribution >= 4 is 11.7 Å². The summed E-state index contributed by atoms with van der Waals surface area (Å²) in [5.74, 6) is -0.292. The first-order valence-electron chi connectivity index (χ1n) is 10.8. The number of carbonyl (C=O) groups is 1. The Morgan fingerprint density at radius 3 is 2.42 bits per heavy atom. The number of rotatable bonds is 12. The number of aliphatic carboxylic acids is 1. The molecule has 0 aliphatic rings. The van der Waals surface area contributed by atoms with E-state index in [2.05, 4.69) is 10.1 Å². The molecule has 1 N–H and O–H groups in total. The Bertz CT molecular complexity index is 1030. The molecular formula is C26H28N2O5. The third-order valence-corrected chi connectivity index (χ3v) is 4.88. The Kier molecular flexibility index (Phi) is 8.97. The van der Waals surface area contributed by atoms with E-state index in [4.69, 9.17) is 14.3 Å². The van der Waals surface area contributed by atoms with Crippen LogP contribution in [0.4, 0.5) is 0 Å². The van der Waals surface area contributed by atoms with Gasteiger partial charge >= 0.3 is 5.97 Å². The van der Waals surface area contributed by atoms with E-state index in [0.29, 0.717) is 32.0 Å². The molecule has 0 saturated carbocycles. The molecule has 0 saturated heterocycles. The quantitative estimate of drug-likeness (QED) is 0.247. The number of hydrogen-bond acceptors (Lipinski definition) is 6. The average Bonchev–Trinajstić information content (AvgIpc) is 2.85. The molecule has 0 aliphatic carbocycles. The molecule has 1 atom stereocenters. The van der Waals surface area contributed by atoms with Crippen LogP contribution < -0.4 is 4.74 Å². The zero-order valence-corrected chi connectivity index (χ0v) is 18.8. The smallest absolute Gasteiger partial charge is 0.333 e. The van der Waals surface area contributed by atoms with Gasteiger partial charge in [-0.3, -0.25) is 4.98 Å². The van der Waals surface area contributed by atoms with Gasteiger partial charge in [-0.25, -0.2) is 4.79 Å². The second-order valence-electron chi connectivity index (χ2n) is 7.29. The van der Waals surface area contributed by atoms with Gasteiger partial charge in [-0.1, -0.05) is 47.6 Å². The summed E-state index contributed by atoms with van der Waals surface area (Å²) in [6, 6.07) is 21.2. The van der Waals surface area contributed by atoms with Crippen molar-refractivity contribution in [3.05, 3.63) is 84.1 Å². The monoisotopic (exact) mass is 448 g/mol. The lowest BCUT2D eigenvalue weighted by Gasteiger charge is -2.12. The van der Waals surface area contributed by atoms with Crippen molar-refractivity contribution in [2.45, 2.75) is 26.4 Å². The van der Waals surface area contributed by atoms with Crippen molar-refractivity contribution in [1.82, 2.24) is 4.98 Å². The number of aromatic nitrogens is 1. The topological polar surface area (TPSA) is 90.2 Å². The lowest BCUT2D eigenvalue weighted by molar-refractivity contribution is -0.149. The molecule has 2 aromatic carbocycles. The third-order valence-electron chi connectivity index (χ3n) is 4.88. The van der Waals surface area contributed by atoms with Crippen LogP contribution >= 0.6 is 0 Å². The molecule has 7 heteroatoms. The first-order valence-corrected chi connectivity index (χ1v) is 10.8. The van der Waals surface area contributed by atoms with Crippen molar-refractivity contribution < 1.29 is 24.2 Å². The third kappa shape index (κ3) is 7.43. The fraction of sp³-hybridized carbons (Fsp3) is 0.269. The molecule has 33 heavy (non-hydrogen) atoms. The van der Waals surface area contributed by atoms with Crippen LogP contribution in [0, 0.1) is 0 Å². The lowest BCUT2D eigenvalue weighted by Crippen LogP contribution is -2.26. The highest BCUT2D eigenvalue weighted by Gasteiger charge is 2.17. The van der Waals surface area contributed by atoms with Gasteiger partial charge in [0.05, 0.1) is 11.4 Å². The number of oxime groups is 1. The summed E-state index contributed by atoms with van der Waals surface area (Å²) in [5, 5.41) is 13.3. The van der Waals surface area contributed by atoms with Crippen molar-refractivity contribution in [1.29, 1.82) is 0 Å². The molecule has 0 radical (unpaired) electrons. The van der Waals surface area contributed by atoms with Crippen molar-refractivity contribution in [2.24, 2.45) is 5.16 Å². The van der Waals surface area contributed by atoms with Gasteiger partial charge in [-0.15, -0.1) is 0 Å². The molecule has 0 spiro atoms. The Hall–Kier alpha value is -3.71. The van der Waals surface area contributed by atoms with Crippen LogP contribution in [0.5, 0.6) is 5.75 Å². The molecule has 3 aromatic rings. The molecule has 0 bridgehead atoms. The highest BCUT2D eigenvalue weighted by molar-refractivity contribution is 5.98. The van der Waals surface area contributed by atoms with Crippen LogP contribution in [-0.4, -0.2) is 47.7 Å². The van der Waals surface area contributed by atoms with Gasteiger partial charge < -0.3 is 19.4 Å². The van der Waals surface area contributed by atoms with E-state index < -0.39 is 12.1 Å². The lowest BCUT2D eigenvalue weighted by atomic mass is 10.1. The molecule has 3 rings (SSSR count). The molecule has 0 aliphatic heterocycles. The van der Waals surface area contributed by atoms with Crippen LogP contribution in [0.2, 0.25) is 0 Å². The number of pyridine rings is 1. The van der Waals surface area contributed by atoms with Crippen molar-refractivity contribution in [3.63, 3.8) is 0 Å². The van der Waals surface area contributed by atoms with Crippen LogP contribution in [0.15, 0.2) is 78.1 Å². The van der Waals surface area contributed by atoms with E-state index in [1.807, 2.05) is 61.5 Å². The normalized spacial score (nSPS) is 12.2. The maximum atomic E-state index is 11.2. The van der Waals surface area contributed by atoms with Gasteiger partial charge in [-0.05, 0) is 43.7 Å². The highest BCUT2D eigenvalue weighted by atomic mass is 16.6. The Morgan fingerprint density at radius 1 is 1.03 bits per heavy atom. The number of benzene rings is 2. The first-order chi connectivity index (χ1) is 16.1. The second-order valence-corrected chi connectivity index (χ2v) is 7.29. The van der Waals surface area contributed by atoms with Gasteiger partial charge in [0.2, 0.25) is 0 Å². The fourth-order valence-corrected chi connectivity index (χ4v) is 3.13. The van der Waals surface area contributed by atoms with E-state index in [1.54, 1.807) is 25.3 Å². The van der Waals surface area contributed by atoms with Gasteiger partial charge in [0.15, 0.2) is 12.7 Å². The van der Waals surface area contributed by atoms with Crippen molar-refractivity contribution in [3.8, 4) is 17.0 Å². The Morgan fingerprint density at radius 2 is 1.79 bits per heavy atom. The zero-order chi connectivity index (χ0) is 23.5.